The predicted octanol–water partition coefficient (Wildman–Crippen LogP) is 2.03. The fourth-order valence-corrected chi connectivity index (χ4v) is 1.47. The molecule has 0 spiro atoms. The van der Waals surface area contributed by atoms with Gasteiger partial charge in [0.05, 0.1) is 22.8 Å². The minimum absolute atomic E-state index is 0.301. The van der Waals surface area contributed by atoms with Crippen LogP contribution in [0.15, 0.2) is 4.47 Å². The molecule has 1 atom stereocenters. The van der Waals surface area contributed by atoms with Gasteiger partial charge in [-0.25, -0.2) is 0 Å². The van der Waals surface area contributed by atoms with E-state index in [0.717, 1.165) is 22.3 Å². The Labute approximate surface area is 86.9 Å². The standard InChI is InChI=1S/C9H15BrN2O/c1-4-8(13)5-12-7(3)9(10)6(2)11-12/h8,13H,4-5H2,1-3H3. The first-order valence-electron chi connectivity index (χ1n) is 4.43. The van der Waals surface area contributed by atoms with Crippen molar-refractivity contribution in [2.45, 2.75) is 39.8 Å². The first-order chi connectivity index (χ1) is 6.06. The lowest BCUT2D eigenvalue weighted by atomic mass is 10.3. The van der Waals surface area contributed by atoms with E-state index in [2.05, 4.69) is 21.0 Å². The van der Waals surface area contributed by atoms with Gasteiger partial charge in [0, 0.05) is 5.69 Å². The van der Waals surface area contributed by atoms with Gasteiger partial charge in [-0.2, -0.15) is 5.10 Å². The second-order valence-electron chi connectivity index (χ2n) is 3.23. The van der Waals surface area contributed by atoms with E-state index in [9.17, 15) is 5.11 Å². The lowest BCUT2D eigenvalue weighted by Gasteiger charge is -2.08. The van der Waals surface area contributed by atoms with E-state index in [1.165, 1.54) is 0 Å². The molecule has 1 aromatic heterocycles. The molecule has 74 valence electrons. The minimum atomic E-state index is -0.301. The SMILES string of the molecule is CCC(O)Cn1nc(C)c(Br)c1C. The summed E-state index contributed by atoms with van der Waals surface area (Å²) in [6.07, 6.45) is 0.459. The third-order valence-corrected chi connectivity index (χ3v) is 3.30. The van der Waals surface area contributed by atoms with Crippen LogP contribution in [0.3, 0.4) is 0 Å². The van der Waals surface area contributed by atoms with Crippen LogP contribution in [0.4, 0.5) is 0 Å². The number of aliphatic hydroxyl groups excluding tert-OH is 1. The molecule has 0 aliphatic rings. The monoisotopic (exact) mass is 246 g/mol. The van der Waals surface area contributed by atoms with Gasteiger partial charge in [0.2, 0.25) is 0 Å². The smallest absolute Gasteiger partial charge is 0.0738 e. The van der Waals surface area contributed by atoms with Crippen LogP contribution in [0.25, 0.3) is 0 Å². The summed E-state index contributed by atoms with van der Waals surface area (Å²) < 4.78 is 2.88. The van der Waals surface area contributed by atoms with Crippen LogP contribution in [0, 0.1) is 13.8 Å². The molecule has 0 saturated heterocycles. The van der Waals surface area contributed by atoms with Crippen molar-refractivity contribution >= 4 is 15.9 Å². The number of aliphatic hydroxyl groups is 1. The molecule has 1 rings (SSSR count). The van der Waals surface area contributed by atoms with Crippen LogP contribution >= 0.6 is 15.9 Å². The van der Waals surface area contributed by atoms with E-state index in [-0.39, 0.29) is 6.10 Å². The normalized spacial score (nSPS) is 13.3. The van der Waals surface area contributed by atoms with Crippen LogP contribution < -0.4 is 0 Å². The van der Waals surface area contributed by atoms with Crippen LogP contribution in [0.2, 0.25) is 0 Å². The lowest BCUT2D eigenvalue weighted by Crippen LogP contribution is -2.16. The van der Waals surface area contributed by atoms with E-state index in [1.807, 2.05) is 25.5 Å². The van der Waals surface area contributed by atoms with Crippen molar-refractivity contribution in [3.8, 4) is 0 Å². The van der Waals surface area contributed by atoms with Crippen molar-refractivity contribution in [3.63, 3.8) is 0 Å². The number of aromatic nitrogens is 2. The first kappa shape index (κ1) is 10.7. The maximum absolute atomic E-state index is 9.46. The zero-order chi connectivity index (χ0) is 10.0. The molecule has 0 aliphatic heterocycles. The average Bonchev–Trinajstić information content (AvgIpc) is 2.34. The number of hydrogen-bond donors (Lipinski definition) is 1. The number of halogens is 1. The quantitative estimate of drug-likeness (QED) is 0.887. The number of hydrogen-bond acceptors (Lipinski definition) is 2. The molecule has 0 fully saturated rings. The minimum Gasteiger partial charge on any atom is -0.391 e. The summed E-state index contributed by atoms with van der Waals surface area (Å²) in [6, 6.07) is 0. The van der Waals surface area contributed by atoms with Crippen LogP contribution in [-0.2, 0) is 6.54 Å². The Kier molecular flexibility index (Phi) is 3.50. The summed E-state index contributed by atoms with van der Waals surface area (Å²) in [4.78, 5) is 0. The molecule has 1 N–H and O–H groups in total. The number of rotatable bonds is 3. The molecule has 3 nitrogen and oxygen atoms in total. The fourth-order valence-electron chi connectivity index (χ4n) is 1.18. The zero-order valence-corrected chi connectivity index (χ0v) is 9.80. The Bertz CT molecular complexity index is 296. The molecule has 4 heteroatoms. The highest BCUT2D eigenvalue weighted by atomic mass is 79.9. The third kappa shape index (κ3) is 2.31. The van der Waals surface area contributed by atoms with Crippen molar-refractivity contribution in [1.82, 2.24) is 9.78 Å². The topological polar surface area (TPSA) is 38.0 Å². The van der Waals surface area contributed by atoms with Crippen molar-refractivity contribution in [2.24, 2.45) is 0 Å². The lowest BCUT2D eigenvalue weighted by molar-refractivity contribution is 0.144. The van der Waals surface area contributed by atoms with Crippen molar-refractivity contribution in [1.29, 1.82) is 0 Å². The van der Waals surface area contributed by atoms with E-state index in [0.29, 0.717) is 6.54 Å². The number of aryl methyl sites for hydroxylation is 1. The predicted molar refractivity (Wildman–Crippen MR) is 55.7 cm³/mol. The molecular formula is C9H15BrN2O. The van der Waals surface area contributed by atoms with E-state index in [4.69, 9.17) is 0 Å². The maximum atomic E-state index is 9.46. The van der Waals surface area contributed by atoms with E-state index >= 15 is 0 Å². The van der Waals surface area contributed by atoms with Crippen LogP contribution in [0.5, 0.6) is 0 Å². The largest absolute Gasteiger partial charge is 0.391 e. The third-order valence-electron chi connectivity index (χ3n) is 2.15. The Balaban J connectivity index is 2.83. The summed E-state index contributed by atoms with van der Waals surface area (Å²) in [5.41, 5.74) is 2.05. The molecule has 0 bridgehead atoms. The van der Waals surface area contributed by atoms with Gasteiger partial charge in [0.25, 0.3) is 0 Å². The van der Waals surface area contributed by atoms with Gasteiger partial charge < -0.3 is 5.11 Å². The zero-order valence-electron chi connectivity index (χ0n) is 8.21. The molecule has 1 aromatic rings. The number of nitrogens with zero attached hydrogens (tertiary/aromatic N) is 2. The summed E-state index contributed by atoms with van der Waals surface area (Å²) in [7, 11) is 0. The highest BCUT2D eigenvalue weighted by molar-refractivity contribution is 9.10. The molecular weight excluding hydrogens is 232 g/mol. The second-order valence-corrected chi connectivity index (χ2v) is 4.02. The van der Waals surface area contributed by atoms with Gasteiger partial charge in [-0.3, -0.25) is 4.68 Å². The molecule has 1 unspecified atom stereocenters. The van der Waals surface area contributed by atoms with Gasteiger partial charge >= 0.3 is 0 Å². The average molecular weight is 247 g/mol. The highest BCUT2D eigenvalue weighted by Crippen LogP contribution is 2.19. The van der Waals surface area contributed by atoms with Crippen LogP contribution in [0.1, 0.15) is 24.7 Å². The Morgan fingerprint density at radius 3 is 2.54 bits per heavy atom. The van der Waals surface area contributed by atoms with Crippen molar-refractivity contribution in [3.05, 3.63) is 15.9 Å². The molecule has 1 heterocycles. The van der Waals surface area contributed by atoms with Gasteiger partial charge in [-0.15, -0.1) is 0 Å². The van der Waals surface area contributed by atoms with E-state index < -0.39 is 0 Å². The summed E-state index contributed by atoms with van der Waals surface area (Å²) in [5.74, 6) is 0. The van der Waals surface area contributed by atoms with Crippen molar-refractivity contribution < 1.29 is 5.11 Å². The fraction of sp³-hybridized carbons (Fsp3) is 0.667. The highest BCUT2D eigenvalue weighted by Gasteiger charge is 2.10. The maximum Gasteiger partial charge on any atom is 0.0738 e. The summed E-state index contributed by atoms with van der Waals surface area (Å²) >= 11 is 3.45. The molecule has 13 heavy (non-hydrogen) atoms. The molecule has 0 radical (unpaired) electrons. The Morgan fingerprint density at radius 2 is 2.15 bits per heavy atom. The van der Waals surface area contributed by atoms with Gasteiger partial charge in [-0.05, 0) is 36.2 Å². The molecule has 0 amide bonds. The first-order valence-corrected chi connectivity index (χ1v) is 5.23. The van der Waals surface area contributed by atoms with E-state index in [1.54, 1.807) is 0 Å². The summed E-state index contributed by atoms with van der Waals surface area (Å²) in [6.45, 7) is 6.48. The summed E-state index contributed by atoms with van der Waals surface area (Å²) in [5, 5.41) is 13.8. The second kappa shape index (κ2) is 4.24. The Hall–Kier alpha value is -0.350. The van der Waals surface area contributed by atoms with Gasteiger partial charge in [0.1, 0.15) is 0 Å². The Morgan fingerprint density at radius 1 is 1.54 bits per heavy atom. The molecule has 0 aliphatic carbocycles. The molecule has 0 aromatic carbocycles. The van der Waals surface area contributed by atoms with Crippen LogP contribution in [-0.4, -0.2) is 21.0 Å². The van der Waals surface area contributed by atoms with Gasteiger partial charge in [0.15, 0.2) is 0 Å². The van der Waals surface area contributed by atoms with Crippen molar-refractivity contribution in [2.75, 3.05) is 0 Å². The van der Waals surface area contributed by atoms with Gasteiger partial charge in [-0.1, -0.05) is 6.92 Å². The molecule has 0 saturated carbocycles.